The van der Waals surface area contributed by atoms with E-state index < -0.39 is 0 Å². The van der Waals surface area contributed by atoms with E-state index in [2.05, 4.69) is 18.4 Å². The fourth-order valence-electron chi connectivity index (χ4n) is 3.69. The average molecular weight is 311 g/mol. The predicted molar refractivity (Wildman–Crippen MR) is 91.8 cm³/mol. The first kappa shape index (κ1) is 18.2. The molecule has 0 heterocycles. The molecule has 1 radical (unpaired) electrons. The van der Waals surface area contributed by atoms with E-state index >= 15 is 0 Å². The zero-order valence-electron chi connectivity index (χ0n) is 14.6. The second-order valence-corrected chi connectivity index (χ2v) is 6.89. The molecule has 0 bridgehead atoms. The molecule has 0 saturated heterocycles. The molecule has 0 aromatic heterocycles. The molecule has 0 amide bonds. The molecule has 0 aromatic rings. The molecule has 2 aliphatic rings. The van der Waals surface area contributed by atoms with Gasteiger partial charge in [-0.1, -0.05) is 45.4 Å². The van der Waals surface area contributed by atoms with Crippen LogP contribution in [0, 0.1) is 6.54 Å². The molecule has 0 spiro atoms. The number of rotatable bonds is 10. The van der Waals surface area contributed by atoms with Crippen LogP contribution in [0.4, 0.5) is 0 Å². The van der Waals surface area contributed by atoms with Gasteiger partial charge in [0.05, 0.1) is 25.4 Å². The number of ether oxygens (including phenoxy) is 2. The van der Waals surface area contributed by atoms with Gasteiger partial charge in [-0.25, -0.2) is 0 Å². The summed E-state index contributed by atoms with van der Waals surface area (Å²) < 4.78 is 12.1. The summed E-state index contributed by atoms with van der Waals surface area (Å²) in [5.41, 5.74) is 0. The van der Waals surface area contributed by atoms with E-state index in [1.54, 1.807) is 0 Å². The van der Waals surface area contributed by atoms with Crippen LogP contribution in [0.15, 0.2) is 0 Å². The molecule has 0 atom stereocenters. The molecule has 0 aromatic carbocycles. The Bertz CT molecular complexity index is 236. The first-order valence-electron chi connectivity index (χ1n) is 9.69. The van der Waals surface area contributed by atoms with Crippen molar-refractivity contribution in [3.05, 3.63) is 6.54 Å². The largest absolute Gasteiger partial charge is 0.377 e. The Balaban J connectivity index is 1.55. The van der Waals surface area contributed by atoms with Crippen LogP contribution < -0.4 is 0 Å². The predicted octanol–water partition coefficient (Wildman–Crippen LogP) is 4.56. The summed E-state index contributed by atoms with van der Waals surface area (Å²) in [5, 5.41) is 0. The van der Waals surface area contributed by atoms with Crippen LogP contribution in [0.25, 0.3) is 0 Å². The minimum atomic E-state index is 0.524. The van der Waals surface area contributed by atoms with Crippen molar-refractivity contribution in [2.24, 2.45) is 0 Å². The molecule has 0 aliphatic heterocycles. The van der Waals surface area contributed by atoms with E-state index in [1.165, 1.54) is 64.2 Å². The Morgan fingerprint density at radius 2 is 1.23 bits per heavy atom. The van der Waals surface area contributed by atoms with Crippen molar-refractivity contribution in [3.8, 4) is 0 Å². The smallest absolute Gasteiger partial charge is 0.0597 e. The minimum absolute atomic E-state index is 0.524. The maximum Gasteiger partial charge on any atom is 0.0597 e. The van der Waals surface area contributed by atoms with Crippen LogP contribution >= 0.6 is 0 Å². The second kappa shape index (κ2) is 11.4. The van der Waals surface area contributed by atoms with Crippen LogP contribution in [0.5, 0.6) is 0 Å². The molecule has 3 heteroatoms. The van der Waals surface area contributed by atoms with Crippen molar-refractivity contribution in [1.29, 1.82) is 0 Å². The van der Waals surface area contributed by atoms with Crippen molar-refractivity contribution in [2.75, 3.05) is 26.3 Å². The highest BCUT2D eigenvalue weighted by Gasteiger charge is 2.15. The van der Waals surface area contributed by atoms with Gasteiger partial charge in [0.2, 0.25) is 0 Å². The number of hydrogen-bond acceptors (Lipinski definition) is 3. The minimum Gasteiger partial charge on any atom is -0.377 e. The molecule has 129 valence electrons. The summed E-state index contributed by atoms with van der Waals surface area (Å²) in [4.78, 5) is 2.39. The Labute approximate surface area is 137 Å². The molecular weight excluding hydrogens is 274 g/mol. The Morgan fingerprint density at radius 1 is 0.773 bits per heavy atom. The summed E-state index contributed by atoms with van der Waals surface area (Å²) in [6.07, 6.45) is 15.4. The molecule has 2 aliphatic carbocycles. The Morgan fingerprint density at radius 3 is 1.64 bits per heavy atom. The molecular formula is C19H36NO2. The summed E-state index contributed by atoms with van der Waals surface area (Å²) in [7, 11) is 0. The third-order valence-electron chi connectivity index (χ3n) is 5.01. The highest BCUT2D eigenvalue weighted by molar-refractivity contribution is 4.70. The summed E-state index contributed by atoms with van der Waals surface area (Å²) in [5.74, 6) is 0. The lowest BCUT2D eigenvalue weighted by molar-refractivity contribution is 0.00193. The monoisotopic (exact) mass is 310 g/mol. The zero-order valence-corrected chi connectivity index (χ0v) is 14.6. The van der Waals surface area contributed by atoms with Gasteiger partial charge >= 0.3 is 0 Å². The quantitative estimate of drug-likeness (QED) is 0.590. The van der Waals surface area contributed by atoms with Crippen molar-refractivity contribution in [1.82, 2.24) is 4.90 Å². The third kappa shape index (κ3) is 7.43. The van der Waals surface area contributed by atoms with Crippen LogP contribution in [-0.2, 0) is 9.47 Å². The zero-order chi connectivity index (χ0) is 15.5. The van der Waals surface area contributed by atoms with Crippen LogP contribution in [0.1, 0.15) is 77.6 Å². The van der Waals surface area contributed by atoms with Gasteiger partial charge < -0.3 is 9.47 Å². The van der Waals surface area contributed by atoms with Crippen molar-refractivity contribution < 1.29 is 9.47 Å². The SMILES string of the molecule is CC[CH]N(CCOC1CCCCC1)CCOC1CCCCC1. The van der Waals surface area contributed by atoms with E-state index in [-0.39, 0.29) is 0 Å². The molecule has 0 unspecified atom stereocenters. The first-order chi connectivity index (χ1) is 10.9. The number of nitrogens with zero attached hydrogens (tertiary/aromatic N) is 1. The normalized spacial score (nSPS) is 21.5. The van der Waals surface area contributed by atoms with Crippen LogP contribution in [0.2, 0.25) is 0 Å². The Kier molecular flexibility index (Phi) is 9.46. The molecule has 22 heavy (non-hydrogen) atoms. The average Bonchev–Trinajstić information content (AvgIpc) is 2.57. The Hall–Kier alpha value is -0.120. The second-order valence-electron chi connectivity index (χ2n) is 6.89. The van der Waals surface area contributed by atoms with Crippen molar-refractivity contribution >= 4 is 0 Å². The first-order valence-corrected chi connectivity index (χ1v) is 9.69. The molecule has 2 rings (SSSR count). The van der Waals surface area contributed by atoms with E-state index in [0.717, 1.165) is 32.7 Å². The van der Waals surface area contributed by atoms with Gasteiger partial charge in [0.25, 0.3) is 0 Å². The van der Waals surface area contributed by atoms with Crippen molar-refractivity contribution in [3.63, 3.8) is 0 Å². The van der Waals surface area contributed by atoms with Gasteiger partial charge in [0.1, 0.15) is 0 Å². The standard InChI is InChI=1S/C19H36NO2/c1-2-13-20(14-16-21-18-9-5-3-6-10-18)15-17-22-19-11-7-4-8-12-19/h13,18-19H,2-12,14-17H2,1H3. The molecule has 0 N–H and O–H groups in total. The van der Waals surface area contributed by atoms with Gasteiger partial charge in [-0.2, -0.15) is 0 Å². The third-order valence-corrected chi connectivity index (χ3v) is 5.01. The molecule has 2 fully saturated rings. The fourth-order valence-corrected chi connectivity index (χ4v) is 3.69. The lowest BCUT2D eigenvalue weighted by Crippen LogP contribution is -2.31. The van der Waals surface area contributed by atoms with E-state index in [0.29, 0.717) is 12.2 Å². The van der Waals surface area contributed by atoms with E-state index in [4.69, 9.17) is 9.47 Å². The maximum absolute atomic E-state index is 6.05. The van der Waals surface area contributed by atoms with Crippen molar-refractivity contribution in [2.45, 2.75) is 89.8 Å². The van der Waals surface area contributed by atoms with Gasteiger partial charge in [-0.15, -0.1) is 0 Å². The lowest BCUT2D eigenvalue weighted by atomic mass is 9.98. The van der Waals surface area contributed by atoms with E-state index in [9.17, 15) is 0 Å². The van der Waals surface area contributed by atoms with Crippen LogP contribution in [0.3, 0.4) is 0 Å². The highest BCUT2D eigenvalue weighted by Crippen LogP contribution is 2.21. The van der Waals surface area contributed by atoms with Gasteiger partial charge in [-0.3, -0.25) is 4.90 Å². The summed E-state index contributed by atoms with van der Waals surface area (Å²) >= 11 is 0. The summed E-state index contributed by atoms with van der Waals surface area (Å²) in [6, 6.07) is 0. The van der Waals surface area contributed by atoms with Gasteiger partial charge in [0.15, 0.2) is 0 Å². The number of hydrogen-bond donors (Lipinski definition) is 0. The topological polar surface area (TPSA) is 21.7 Å². The lowest BCUT2D eigenvalue weighted by Gasteiger charge is -2.27. The molecule has 3 nitrogen and oxygen atoms in total. The highest BCUT2D eigenvalue weighted by atomic mass is 16.5. The fraction of sp³-hybridized carbons (Fsp3) is 0.947. The summed E-state index contributed by atoms with van der Waals surface area (Å²) in [6.45, 7) is 8.26. The van der Waals surface area contributed by atoms with Crippen LogP contribution in [-0.4, -0.2) is 43.4 Å². The van der Waals surface area contributed by atoms with Gasteiger partial charge in [0, 0.05) is 19.6 Å². The maximum atomic E-state index is 6.05. The molecule has 2 saturated carbocycles. The van der Waals surface area contributed by atoms with Gasteiger partial charge in [-0.05, 0) is 32.1 Å². The van der Waals surface area contributed by atoms with E-state index in [1.807, 2.05) is 0 Å².